The fraction of sp³-hybridized carbons (Fsp3) is 0.400. The van der Waals surface area contributed by atoms with Gasteiger partial charge in [0.2, 0.25) is 10.0 Å². The standard InChI is InChI=1S/C20H25FN2O2S/c1-16-5-8-18(21)15-20(16)26(24,25)22-12-11-17-6-9-19(10-7-17)23-13-3-2-4-14-23/h5-10,15,22H,2-4,11-14H2,1H3. The summed E-state index contributed by atoms with van der Waals surface area (Å²) in [6, 6.07) is 12.1. The van der Waals surface area contributed by atoms with E-state index in [1.165, 1.54) is 37.1 Å². The second-order valence-corrected chi connectivity index (χ2v) is 8.51. The first kappa shape index (κ1) is 18.9. The highest BCUT2D eigenvalue weighted by Crippen LogP contribution is 2.20. The summed E-state index contributed by atoms with van der Waals surface area (Å²) in [5, 5.41) is 0. The van der Waals surface area contributed by atoms with Crippen LogP contribution in [0.15, 0.2) is 47.4 Å². The number of hydrogen-bond donors (Lipinski definition) is 1. The van der Waals surface area contributed by atoms with Crippen molar-refractivity contribution in [3.63, 3.8) is 0 Å². The highest BCUT2D eigenvalue weighted by atomic mass is 32.2. The van der Waals surface area contributed by atoms with Gasteiger partial charge in [0.1, 0.15) is 5.82 Å². The number of piperidine rings is 1. The SMILES string of the molecule is Cc1ccc(F)cc1S(=O)(=O)NCCc1ccc(N2CCCCC2)cc1. The lowest BCUT2D eigenvalue weighted by Gasteiger charge is -2.28. The summed E-state index contributed by atoms with van der Waals surface area (Å²) in [5.74, 6) is -0.552. The minimum atomic E-state index is -3.71. The van der Waals surface area contributed by atoms with Crippen molar-refractivity contribution in [2.24, 2.45) is 0 Å². The van der Waals surface area contributed by atoms with Crippen molar-refractivity contribution in [3.8, 4) is 0 Å². The van der Waals surface area contributed by atoms with E-state index >= 15 is 0 Å². The highest BCUT2D eigenvalue weighted by Gasteiger charge is 2.17. The Morgan fingerprint density at radius 1 is 1.04 bits per heavy atom. The van der Waals surface area contributed by atoms with E-state index in [9.17, 15) is 12.8 Å². The van der Waals surface area contributed by atoms with Crippen molar-refractivity contribution in [1.29, 1.82) is 0 Å². The van der Waals surface area contributed by atoms with E-state index in [1.807, 2.05) is 12.1 Å². The Labute approximate surface area is 155 Å². The van der Waals surface area contributed by atoms with Crippen molar-refractivity contribution < 1.29 is 12.8 Å². The molecule has 0 aliphatic carbocycles. The van der Waals surface area contributed by atoms with Crippen LogP contribution < -0.4 is 9.62 Å². The zero-order valence-corrected chi connectivity index (χ0v) is 15.9. The van der Waals surface area contributed by atoms with Crippen LogP contribution in [-0.4, -0.2) is 28.1 Å². The number of hydrogen-bond acceptors (Lipinski definition) is 3. The molecule has 2 aromatic carbocycles. The first-order valence-corrected chi connectivity index (χ1v) is 10.5. The molecule has 1 fully saturated rings. The minimum absolute atomic E-state index is 0.00190. The van der Waals surface area contributed by atoms with Crippen molar-refractivity contribution in [2.45, 2.75) is 37.5 Å². The average molecular weight is 376 g/mol. The maximum Gasteiger partial charge on any atom is 0.240 e. The molecular formula is C20H25FN2O2S. The third-order valence-corrected chi connectivity index (χ3v) is 6.41. The van der Waals surface area contributed by atoms with Crippen LogP contribution in [0.5, 0.6) is 0 Å². The zero-order chi connectivity index (χ0) is 18.6. The summed E-state index contributed by atoms with van der Waals surface area (Å²) in [6.07, 6.45) is 4.37. The topological polar surface area (TPSA) is 49.4 Å². The van der Waals surface area contributed by atoms with Gasteiger partial charge in [-0.3, -0.25) is 0 Å². The van der Waals surface area contributed by atoms with E-state index in [2.05, 4.69) is 21.8 Å². The normalized spacial score (nSPS) is 15.2. The number of benzene rings is 2. The van der Waals surface area contributed by atoms with Crippen LogP contribution in [0.25, 0.3) is 0 Å². The van der Waals surface area contributed by atoms with E-state index in [-0.39, 0.29) is 11.4 Å². The van der Waals surface area contributed by atoms with Gasteiger partial charge in [-0.15, -0.1) is 0 Å². The molecule has 26 heavy (non-hydrogen) atoms. The van der Waals surface area contributed by atoms with Gasteiger partial charge in [-0.1, -0.05) is 18.2 Å². The maximum absolute atomic E-state index is 13.4. The molecule has 140 valence electrons. The van der Waals surface area contributed by atoms with Crippen LogP contribution in [0.4, 0.5) is 10.1 Å². The van der Waals surface area contributed by atoms with E-state index in [1.54, 1.807) is 6.92 Å². The first-order chi connectivity index (χ1) is 12.5. The van der Waals surface area contributed by atoms with E-state index in [0.717, 1.165) is 24.7 Å². The Morgan fingerprint density at radius 3 is 2.42 bits per heavy atom. The van der Waals surface area contributed by atoms with Gasteiger partial charge in [-0.05, 0) is 68.0 Å². The van der Waals surface area contributed by atoms with Crippen LogP contribution in [0, 0.1) is 12.7 Å². The summed E-state index contributed by atoms with van der Waals surface area (Å²) < 4.78 is 40.7. The molecule has 3 rings (SSSR count). The fourth-order valence-corrected chi connectivity index (χ4v) is 4.58. The zero-order valence-electron chi connectivity index (χ0n) is 15.0. The van der Waals surface area contributed by atoms with Crippen molar-refractivity contribution in [3.05, 3.63) is 59.4 Å². The van der Waals surface area contributed by atoms with E-state index in [0.29, 0.717) is 12.0 Å². The van der Waals surface area contributed by atoms with Gasteiger partial charge in [0.05, 0.1) is 4.90 Å². The minimum Gasteiger partial charge on any atom is -0.372 e. The molecule has 0 spiro atoms. The number of halogens is 1. The van der Waals surface area contributed by atoms with Gasteiger partial charge in [-0.25, -0.2) is 17.5 Å². The second kappa shape index (κ2) is 8.18. The van der Waals surface area contributed by atoms with Gasteiger partial charge in [-0.2, -0.15) is 0 Å². The predicted molar refractivity (Wildman–Crippen MR) is 103 cm³/mol. The quantitative estimate of drug-likeness (QED) is 0.837. The number of nitrogens with one attached hydrogen (secondary N) is 1. The molecule has 0 radical (unpaired) electrons. The number of sulfonamides is 1. The Morgan fingerprint density at radius 2 is 1.73 bits per heavy atom. The highest BCUT2D eigenvalue weighted by molar-refractivity contribution is 7.89. The first-order valence-electron chi connectivity index (χ1n) is 9.05. The third kappa shape index (κ3) is 4.62. The van der Waals surface area contributed by atoms with Crippen LogP contribution in [-0.2, 0) is 16.4 Å². The van der Waals surface area contributed by atoms with E-state index in [4.69, 9.17) is 0 Å². The Balaban J connectivity index is 1.58. The maximum atomic E-state index is 13.4. The molecule has 1 saturated heterocycles. The monoisotopic (exact) mass is 376 g/mol. The molecule has 0 saturated carbocycles. The average Bonchev–Trinajstić information content (AvgIpc) is 2.65. The van der Waals surface area contributed by atoms with Crippen LogP contribution in [0.3, 0.4) is 0 Å². The summed E-state index contributed by atoms with van der Waals surface area (Å²) in [7, 11) is -3.71. The molecule has 1 aliphatic heterocycles. The Hall–Kier alpha value is -1.92. The number of aryl methyl sites for hydroxylation is 1. The molecule has 0 atom stereocenters. The van der Waals surface area contributed by atoms with Gasteiger partial charge in [0, 0.05) is 25.3 Å². The fourth-order valence-electron chi connectivity index (χ4n) is 3.30. The molecule has 1 N–H and O–H groups in total. The third-order valence-electron chi connectivity index (χ3n) is 4.80. The molecule has 1 heterocycles. The molecule has 6 heteroatoms. The molecular weight excluding hydrogens is 351 g/mol. The largest absolute Gasteiger partial charge is 0.372 e. The van der Waals surface area contributed by atoms with Gasteiger partial charge >= 0.3 is 0 Å². The lowest BCUT2D eigenvalue weighted by atomic mass is 10.1. The van der Waals surface area contributed by atoms with Gasteiger partial charge < -0.3 is 4.90 Å². The lowest BCUT2D eigenvalue weighted by molar-refractivity contribution is 0.576. The van der Waals surface area contributed by atoms with Crippen LogP contribution >= 0.6 is 0 Å². The second-order valence-electron chi connectivity index (χ2n) is 6.77. The molecule has 0 unspecified atom stereocenters. The number of anilines is 1. The van der Waals surface area contributed by atoms with Crippen molar-refractivity contribution in [1.82, 2.24) is 4.72 Å². The smallest absolute Gasteiger partial charge is 0.240 e. The van der Waals surface area contributed by atoms with Crippen LogP contribution in [0.1, 0.15) is 30.4 Å². The van der Waals surface area contributed by atoms with Gasteiger partial charge in [0.25, 0.3) is 0 Å². The summed E-state index contributed by atoms with van der Waals surface area (Å²) in [4.78, 5) is 2.39. The Bertz CT molecular complexity index is 845. The molecule has 0 bridgehead atoms. The predicted octanol–water partition coefficient (Wildman–Crippen LogP) is 3.65. The van der Waals surface area contributed by atoms with Crippen molar-refractivity contribution >= 4 is 15.7 Å². The molecule has 4 nitrogen and oxygen atoms in total. The summed E-state index contributed by atoms with van der Waals surface area (Å²) >= 11 is 0. The van der Waals surface area contributed by atoms with Crippen LogP contribution in [0.2, 0.25) is 0 Å². The molecule has 2 aromatic rings. The van der Waals surface area contributed by atoms with E-state index < -0.39 is 15.8 Å². The summed E-state index contributed by atoms with van der Waals surface area (Å²) in [6.45, 7) is 4.15. The number of nitrogens with zero attached hydrogens (tertiary/aromatic N) is 1. The lowest BCUT2D eigenvalue weighted by Crippen LogP contribution is -2.29. The molecule has 0 amide bonds. The Kier molecular flexibility index (Phi) is 5.94. The summed E-state index contributed by atoms with van der Waals surface area (Å²) in [5.41, 5.74) is 2.83. The van der Waals surface area contributed by atoms with Gasteiger partial charge in [0.15, 0.2) is 0 Å². The molecule has 0 aromatic heterocycles. The number of rotatable bonds is 6. The van der Waals surface area contributed by atoms with Crippen molar-refractivity contribution in [2.75, 3.05) is 24.5 Å². The molecule has 1 aliphatic rings.